The Morgan fingerprint density at radius 2 is 1.83 bits per heavy atom. The van der Waals surface area contributed by atoms with Gasteiger partial charge in [-0.25, -0.2) is 0 Å². The Balaban J connectivity index is 1.87. The van der Waals surface area contributed by atoms with Crippen LogP contribution in [-0.4, -0.2) is 24.2 Å². The van der Waals surface area contributed by atoms with E-state index in [9.17, 15) is 9.90 Å². The number of nitrogens with one attached hydrogen (secondary N) is 1. The minimum atomic E-state index is -0.490. The molecule has 0 radical (unpaired) electrons. The largest absolute Gasteiger partial charge is 0.504 e. The smallest absolute Gasteiger partial charge is 0.255 e. The number of anilines is 1. The van der Waals surface area contributed by atoms with Crippen LogP contribution in [0.2, 0.25) is 15.1 Å². The summed E-state index contributed by atoms with van der Waals surface area (Å²) in [6, 6.07) is 8.06. The molecule has 3 rings (SSSR count). The molecule has 1 amide bonds. The second-order valence-electron chi connectivity index (χ2n) is 5.03. The van der Waals surface area contributed by atoms with Crippen LogP contribution in [0.3, 0.4) is 0 Å². The van der Waals surface area contributed by atoms with E-state index in [0.717, 1.165) is 5.56 Å². The normalized spacial score (nSPS) is 14.8. The molecule has 2 aromatic rings. The summed E-state index contributed by atoms with van der Waals surface area (Å²) in [5.74, 6) is -0.830. The number of carbonyl (C=O) groups is 1. The molecule has 2 N–H and O–H groups in total. The standard InChI is InChI=1S/C16H12Cl3NO4/c17-10-7-11(18)14(21)13(12(10)19)20-15(22)8-2-1-3-9(6-8)16-23-4-5-24-16/h1-3,6-7,16,21H,4-5H2,(H,20,22). The second-order valence-corrected chi connectivity index (χ2v) is 6.22. The molecule has 2 aromatic carbocycles. The van der Waals surface area contributed by atoms with Crippen LogP contribution >= 0.6 is 34.8 Å². The van der Waals surface area contributed by atoms with Crippen molar-refractivity contribution in [1.82, 2.24) is 0 Å². The number of benzene rings is 2. The summed E-state index contributed by atoms with van der Waals surface area (Å²) in [6.07, 6.45) is -0.490. The van der Waals surface area contributed by atoms with Gasteiger partial charge in [0.2, 0.25) is 0 Å². The quantitative estimate of drug-likeness (QED) is 0.593. The number of hydrogen-bond donors (Lipinski definition) is 2. The first-order chi connectivity index (χ1) is 11.5. The molecule has 5 nitrogen and oxygen atoms in total. The van der Waals surface area contributed by atoms with Crippen LogP contribution in [0, 0.1) is 0 Å². The molecule has 1 saturated heterocycles. The minimum Gasteiger partial charge on any atom is -0.504 e. The van der Waals surface area contributed by atoms with Crippen molar-refractivity contribution < 1.29 is 19.4 Å². The van der Waals surface area contributed by atoms with Crippen LogP contribution in [0.1, 0.15) is 22.2 Å². The van der Waals surface area contributed by atoms with Crippen molar-refractivity contribution in [1.29, 1.82) is 0 Å². The molecule has 0 unspecified atom stereocenters. The maximum absolute atomic E-state index is 12.5. The lowest BCUT2D eigenvalue weighted by Gasteiger charge is -2.13. The lowest BCUT2D eigenvalue weighted by atomic mass is 10.1. The highest BCUT2D eigenvalue weighted by molar-refractivity contribution is 6.46. The molecule has 0 atom stereocenters. The molecule has 0 aliphatic carbocycles. The van der Waals surface area contributed by atoms with Gasteiger partial charge in [0.25, 0.3) is 5.91 Å². The van der Waals surface area contributed by atoms with E-state index in [0.29, 0.717) is 18.8 Å². The number of amides is 1. The van der Waals surface area contributed by atoms with Crippen molar-refractivity contribution in [2.24, 2.45) is 0 Å². The third-order valence-electron chi connectivity index (χ3n) is 3.43. The summed E-state index contributed by atoms with van der Waals surface area (Å²) in [7, 11) is 0. The average molecular weight is 389 g/mol. The van der Waals surface area contributed by atoms with Gasteiger partial charge >= 0.3 is 0 Å². The molecule has 0 bridgehead atoms. The predicted octanol–water partition coefficient (Wildman–Crippen LogP) is 4.65. The van der Waals surface area contributed by atoms with Gasteiger partial charge in [0.1, 0.15) is 5.69 Å². The number of phenolic OH excluding ortho intramolecular Hbond substituents is 1. The van der Waals surface area contributed by atoms with Crippen LogP contribution in [0.4, 0.5) is 5.69 Å². The van der Waals surface area contributed by atoms with Crippen LogP contribution in [-0.2, 0) is 9.47 Å². The lowest BCUT2D eigenvalue weighted by molar-refractivity contribution is -0.0441. The lowest BCUT2D eigenvalue weighted by Crippen LogP contribution is -2.13. The summed E-state index contributed by atoms with van der Waals surface area (Å²) in [4.78, 5) is 12.5. The number of aromatic hydroxyl groups is 1. The van der Waals surface area contributed by atoms with E-state index in [1.807, 2.05) is 0 Å². The maximum Gasteiger partial charge on any atom is 0.255 e. The van der Waals surface area contributed by atoms with Crippen molar-refractivity contribution in [2.75, 3.05) is 18.5 Å². The van der Waals surface area contributed by atoms with Crippen molar-refractivity contribution in [3.05, 3.63) is 56.5 Å². The topological polar surface area (TPSA) is 67.8 Å². The average Bonchev–Trinajstić information content (AvgIpc) is 3.11. The zero-order valence-electron chi connectivity index (χ0n) is 12.2. The predicted molar refractivity (Wildman–Crippen MR) is 92.2 cm³/mol. The van der Waals surface area contributed by atoms with Gasteiger partial charge in [0.05, 0.1) is 28.3 Å². The number of rotatable bonds is 3. The SMILES string of the molecule is O=C(Nc1c(O)c(Cl)cc(Cl)c1Cl)c1cccc(C2OCCO2)c1. The minimum absolute atomic E-state index is 0.00512. The molecule has 0 aromatic heterocycles. The fourth-order valence-corrected chi connectivity index (χ4v) is 2.92. The van der Waals surface area contributed by atoms with E-state index < -0.39 is 12.2 Å². The molecule has 1 aliphatic rings. The Labute approximate surface area is 153 Å². The highest BCUT2D eigenvalue weighted by Crippen LogP contribution is 2.42. The Morgan fingerprint density at radius 3 is 2.54 bits per heavy atom. The number of ether oxygens (including phenoxy) is 2. The first-order valence-corrected chi connectivity index (χ1v) is 8.11. The van der Waals surface area contributed by atoms with Gasteiger partial charge in [-0.05, 0) is 18.2 Å². The highest BCUT2D eigenvalue weighted by atomic mass is 35.5. The van der Waals surface area contributed by atoms with Crippen molar-refractivity contribution in [3.63, 3.8) is 0 Å². The van der Waals surface area contributed by atoms with Crippen LogP contribution < -0.4 is 5.32 Å². The number of phenols is 1. The molecular weight excluding hydrogens is 377 g/mol. The first kappa shape index (κ1) is 17.3. The summed E-state index contributed by atoms with van der Waals surface area (Å²) in [5.41, 5.74) is 1.02. The maximum atomic E-state index is 12.5. The van der Waals surface area contributed by atoms with Crippen LogP contribution in [0.5, 0.6) is 5.75 Å². The van der Waals surface area contributed by atoms with Crippen LogP contribution in [0.25, 0.3) is 0 Å². The molecule has 8 heteroatoms. The van der Waals surface area contributed by atoms with Gasteiger partial charge in [-0.2, -0.15) is 0 Å². The summed E-state index contributed by atoms with van der Waals surface area (Å²) >= 11 is 17.8. The zero-order chi connectivity index (χ0) is 17.3. The molecule has 0 spiro atoms. The van der Waals surface area contributed by atoms with Gasteiger partial charge in [-0.1, -0.05) is 46.9 Å². The van der Waals surface area contributed by atoms with Crippen LogP contribution in [0.15, 0.2) is 30.3 Å². The Morgan fingerprint density at radius 1 is 1.12 bits per heavy atom. The molecule has 24 heavy (non-hydrogen) atoms. The number of hydrogen-bond acceptors (Lipinski definition) is 4. The third kappa shape index (κ3) is 3.45. The molecule has 0 saturated carbocycles. The van der Waals surface area contributed by atoms with E-state index in [1.165, 1.54) is 6.07 Å². The van der Waals surface area contributed by atoms with E-state index in [1.54, 1.807) is 24.3 Å². The van der Waals surface area contributed by atoms with E-state index in [2.05, 4.69) is 5.32 Å². The van der Waals surface area contributed by atoms with Crippen molar-refractivity contribution in [2.45, 2.75) is 6.29 Å². The fourth-order valence-electron chi connectivity index (χ4n) is 2.26. The molecule has 1 fully saturated rings. The Hall–Kier alpha value is -1.50. The molecule has 126 valence electrons. The monoisotopic (exact) mass is 387 g/mol. The van der Waals surface area contributed by atoms with Gasteiger partial charge < -0.3 is 19.9 Å². The van der Waals surface area contributed by atoms with Gasteiger partial charge in [-0.15, -0.1) is 0 Å². The van der Waals surface area contributed by atoms with Crippen molar-refractivity contribution in [3.8, 4) is 5.75 Å². The Bertz CT molecular complexity index is 765. The number of carbonyl (C=O) groups excluding carboxylic acids is 1. The third-order valence-corrected chi connectivity index (χ3v) is 4.50. The summed E-state index contributed by atoms with van der Waals surface area (Å²) in [6.45, 7) is 1.01. The van der Waals surface area contributed by atoms with Gasteiger partial charge in [0, 0.05) is 11.1 Å². The fraction of sp³-hybridized carbons (Fsp3) is 0.188. The number of halogens is 3. The van der Waals surface area contributed by atoms with Gasteiger partial charge in [-0.3, -0.25) is 4.79 Å². The van der Waals surface area contributed by atoms with Gasteiger partial charge in [0.15, 0.2) is 12.0 Å². The first-order valence-electron chi connectivity index (χ1n) is 6.98. The molecular formula is C16H12Cl3NO4. The van der Waals surface area contributed by atoms with E-state index in [-0.39, 0.29) is 26.5 Å². The second kappa shape index (κ2) is 7.17. The van der Waals surface area contributed by atoms with Crippen molar-refractivity contribution >= 4 is 46.4 Å². The Kier molecular flexibility index (Phi) is 5.18. The van der Waals surface area contributed by atoms with E-state index >= 15 is 0 Å². The molecule has 1 heterocycles. The van der Waals surface area contributed by atoms with E-state index in [4.69, 9.17) is 44.3 Å². The summed E-state index contributed by atoms with van der Waals surface area (Å²) in [5, 5.41) is 12.6. The molecule has 1 aliphatic heterocycles. The summed E-state index contributed by atoms with van der Waals surface area (Å²) < 4.78 is 10.8. The highest BCUT2D eigenvalue weighted by Gasteiger charge is 2.21. The zero-order valence-corrected chi connectivity index (χ0v) is 14.5.